The van der Waals surface area contributed by atoms with E-state index in [4.69, 9.17) is 0 Å². The lowest BCUT2D eigenvalue weighted by Gasteiger charge is -2.07. The van der Waals surface area contributed by atoms with Crippen molar-refractivity contribution >= 4 is 0 Å². The third-order valence-electron chi connectivity index (χ3n) is 2.40. The number of hydrogen-bond donors (Lipinski definition) is 1. The summed E-state index contributed by atoms with van der Waals surface area (Å²) in [5.74, 6) is 1.24. The minimum absolute atomic E-state index is 0.373. The lowest BCUT2D eigenvalue weighted by Crippen LogP contribution is -1.96. The molecule has 0 amide bonds. The Kier molecular flexibility index (Phi) is 2.69. The SMILES string of the molecule is CC(C)c1cn(C)c(C(C)C)c1O. The molecular weight excluding hydrogens is 162 g/mol. The molecule has 0 saturated carbocycles. The molecule has 0 aromatic carbocycles. The first kappa shape index (κ1) is 10.2. The highest BCUT2D eigenvalue weighted by Gasteiger charge is 2.17. The van der Waals surface area contributed by atoms with E-state index in [1.54, 1.807) is 0 Å². The first-order valence-electron chi connectivity index (χ1n) is 4.83. The fraction of sp³-hybridized carbons (Fsp3) is 0.636. The third-order valence-corrected chi connectivity index (χ3v) is 2.40. The number of aromatic hydroxyl groups is 1. The quantitative estimate of drug-likeness (QED) is 0.745. The maximum Gasteiger partial charge on any atom is 0.140 e. The molecule has 0 radical (unpaired) electrons. The van der Waals surface area contributed by atoms with Gasteiger partial charge < -0.3 is 9.67 Å². The molecule has 0 saturated heterocycles. The summed E-state index contributed by atoms with van der Waals surface area (Å²) >= 11 is 0. The van der Waals surface area contributed by atoms with Crippen molar-refractivity contribution in [1.29, 1.82) is 0 Å². The van der Waals surface area contributed by atoms with E-state index in [1.165, 1.54) is 0 Å². The molecule has 0 fully saturated rings. The van der Waals surface area contributed by atoms with Crippen molar-refractivity contribution in [3.05, 3.63) is 17.5 Å². The highest BCUT2D eigenvalue weighted by atomic mass is 16.3. The van der Waals surface area contributed by atoms with Gasteiger partial charge >= 0.3 is 0 Å². The van der Waals surface area contributed by atoms with Crippen LogP contribution in [0.25, 0.3) is 0 Å². The first-order valence-corrected chi connectivity index (χ1v) is 4.83. The monoisotopic (exact) mass is 181 g/mol. The Morgan fingerprint density at radius 3 is 1.92 bits per heavy atom. The van der Waals surface area contributed by atoms with Gasteiger partial charge in [-0.1, -0.05) is 27.7 Å². The summed E-state index contributed by atoms with van der Waals surface area (Å²) in [4.78, 5) is 0. The Balaban J connectivity index is 3.22. The Hall–Kier alpha value is -0.920. The van der Waals surface area contributed by atoms with E-state index in [0.29, 0.717) is 17.6 Å². The summed E-state index contributed by atoms with van der Waals surface area (Å²) < 4.78 is 2.02. The Morgan fingerprint density at radius 2 is 1.69 bits per heavy atom. The molecule has 13 heavy (non-hydrogen) atoms. The average molecular weight is 181 g/mol. The van der Waals surface area contributed by atoms with E-state index >= 15 is 0 Å². The van der Waals surface area contributed by atoms with Gasteiger partial charge in [-0.25, -0.2) is 0 Å². The summed E-state index contributed by atoms with van der Waals surface area (Å²) in [5, 5.41) is 9.93. The molecule has 0 aliphatic heterocycles. The van der Waals surface area contributed by atoms with Crippen LogP contribution in [-0.2, 0) is 7.05 Å². The fourth-order valence-electron chi connectivity index (χ4n) is 1.76. The second kappa shape index (κ2) is 3.44. The minimum Gasteiger partial charge on any atom is -0.506 e. The van der Waals surface area contributed by atoms with Gasteiger partial charge in [0, 0.05) is 18.8 Å². The van der Waals surface area contributed by atoms with E-state index in [2.05, 4.69) is 27.7 Å². The summed E-state index contributed by atoms with van der Waals surface area (Å²) in [7, 11) is 1.99. The second-order valence-electron chi connectivity index (χ2n) is 4.24. The zero-order valence-electron chi connectivity index (χ0n) is 9.13. The highest BCUT2D eigenvalue weighted by molar-refractivity contribution is 5.41. The van der Waals surface area contributed by atoms with Crippen LogP contribution >= 0.6 is 0 Å². The van der Waals surface area contributed by atoms with E-state index in [9.17, 15) is 5.11 Å². The van der Waals surface area contributed by atoms with Crippen LogP contribution < -0.4 is 0 Å². The normalized spacial score (nSPS) is 11.6. The molecule has 0 aliphatic rings. The van der Waals surface area contributed by atoms with Crippen LogP contribution in [0.4, 0.5) is 0 Å². The molecule has 2 nitrogen and oxygen atoms in total. The fourth-order valence-corrected chi connectivity index (χ4v) is 1.76. The smallest absolute Gasteiger partial charge is 0.140 e. The molecule has 2 heteroatoms. The maximum absolute atomic E-state index is 9.93. The molecule has 0 bridgehead atoms. The summed E-state index contributed by atoms with van der Waals surface area (Å²) in [6.45, 7) is 8.39. The van der Waals surface area contributed by atoms with Gasteiger partial charge in [-0.15, -0.1) is 0 Å². The number of hydrogen-bond acceptors (Lipinski definition) is 1. The highest BCUT2D eigenvalue weighted by Crippen LogP contribution is 2.34. The van der Waals surface area contributed by atoms with Crippen LogP contribution in [0.3, 0.4) is 0 Å². The lowest BCUT2D eigenvalue weighted by atomic mass is 10.0. The van der Waals surface area contributed by atoms with E-state index < -0.39 is 0 Å². The largest absolute Gasteiger partial charge is 0.506 e. The van der Waals surface area contributed by atoms with Gasteiger partial charge in [0.15, 0.2) is 0 Å². The van der Waals surface area contributed by atoms with Crippen molar-refractivity contribution in [3.63, 3.8) is 0 Å². The predicted molar refractivity (Wildman–Crippen MR) is 55.3 cm³/mol. The van der Waals surface area contributed by atoms with Crippen molar-refractivity contribution in [1.82, 2.24) is 4.57 Å². The van der Waals surface area contributed by atoms with Crippen LogP contribution in [0.1, 0.15) is 50.8 Å². The van der Waals surface area contributed by atoms with Gasteiger partial charge in [-0.3, -0.25) is 0 Å². The summed E-state index contributed by atoms with van der Waals surface area (Å²) in [6.07, 6.45) is 2.02. The second-order valence-corrected chi connectivity index (χ2v) is 4.24. The van der Waals surface area contributed by atoms with E-state index in [-0.39, 0.29) is 0 Å². The summed E-state index contributed by atoms with van der Waals surface area (Å²) in [6, 6.07) is 0. The maximum atomic E-state index is 9.93. The van der Waals surface area contributed by atoms with Gasteiger partial charge in [0.25, 0.3) is 0 Å². The van der Waals surface area contributed by atoms with E-state index in [1.807, 2.05) is 17.8 Å². The van der Waals surface area contributed by atoms with Gasteiger partial charge in [-0.05, 0) is 11.8 Å². The molecular formula is C11H19NO. The first-order chi connectivity index (χ1) is 5.95. The lowest BCUT2D eigenvalue weighted by molar-refractivity contribution is 0.453. The molecule has 1 aromatic heterocycles. The Bertz CT molecular complexity index is 297. The van der Waals surface area contributed by atoms with Crippen molar-refractivity contribution in [2.24, 2.45) is 7.05 Å². The van der Waals surface area contributed by atoms with Crippen molar-refractivity contribution in [2.45, 2.75) is 39.5 Å². The molecule has 0 aliphatic carbocycles. The zero-order chi connectivity index (χ0) is 10.2. The van der Waals surface area contributed by atoms with Gasteiger partial charge in [0.05, 0.1) is 5.69 Å². The van der Waals surface area contributed by atoms with Crippen LogP contribution in [0.15, 0.2) is 6.20 Å². The average Bonchev–Trinajstić information content (AvgIpc) is 2.26. The van der Waals surface area contributed by atoms with Gasteiger partial charge in [0.1, 0.15) is 5.75 Å². The molecule has 0 spiro atoms. The summed E-state index contributed by atoms with van der Waals surface area (Å²) in [5.41, 5.74) is 2.08. The van der Waals surface area contributed by atoms with Gasteiger partial charge in [-0.2, -0.15) is 0 Å². The predicted octanol–water partition coefficient (Wildman–Crippen LogP) is 2.98. The molecule has 1 N–H and O–H groups in total. The third kappa shape index (κ3) is 1.71. The Morgan fingerprint density at radius 1 is 1.15 bits per heavy atom. The molecule has 1 heterocycles. The number of nitrogens with zero attached hydrogens (tertiary/aromatic N) is 1. The molecule has 1 aromatic rings. The molecule has 0 atom stereocenters. The number of aromatic nitrogens is 1. The van der Waals surface area contributed by atoms with Crippen LogP contribution in [-0.4, -0.2) is 9.67 Å². The zero-order valence-corrected chi connectivity index (χ0v) is 9.13. The molecule has 0 unspecified atom stereocenters. The van der Waals surface area contributed by atoms with E-state index in [0.717, 1.165) is 11.3 Å². The molecule has 74 valence electrons. The van der Waals surface area contributed by atoms with Gasteiger partial charge in [0.2, 0.25) is 0 Å². The topological polar surface area (TPSA) is 25.2 Å². The Labute approximate surface area is 80.2 Å². The van der Waals surface area contributed by atoms with Crippen LogP contribution in [0.2, 0.25) is 0 Å². The van der Waals surface area contributed by atoms with Crippen molar-refractivity contribution in [2.75, 3.05) is 0 Å². The van der Waals surface area contributed by atoms with Crippen LogP contribution in [0, 0.1) is 0 Å². The number of aryl methyl sites for hydroxylation is 1. The van der Waals surface area contributed by atoms with Crippen molar-refractivity contribution < 1.29 is 5.11 Å². The van der Waals surface area contributed by atoms with Crippen molar-refractivity contribution in [3.8, 4) is 5.75 Å². The molecule has 1 rings (SSSR count). The minimum atomic E-state index is 0.373. The number of rotatable bonds is 2. The standard InChI is InChI=1S/C11H19NO/c1-7(2)9-6-12(5)10(8(3)4)11(9)13/h6-8,13H,1-5H3. The van der Waals surface area contributed by atoms with Crippen LogP contribution in [0.5, 0.6) is 5.75 Å².